The summed E-state index contributed by atoms with van der Waals surface area (Å²) in [6.45, 7) is 4.15. The van der Waals surface area contributed by atoms with Gasteiger partial charge in [-0.2, -0.15) is 13.5 Å². The van der Waals surface area contributed by atoms with E-state index in [1.165, 1.54) is 30.3 Å². The Balaban J connectivity index is 2.13. The number of aromatic hydroxyl groups is 2. The van der Waals surface area contributed by atoms with E-state index in [0.29, 0.717) is 5.92 Å². The summed E-state index contributed by atoms with van der Waals surface area (Å²) in [6.07, 6.45) is 2.10. The molecule has 0 amide bonds. The van der Waals surface area contributed by atoms with Crippen molar-refractivity contribution in [3.05, 3.63) is 53.6 Å². The largest absolute Gasteiger partial charge is 0.504 e. The van der Waals surface area contributed by atoms with Crippen LogP contribution in [0.3, 0.4) is 0 Å². The molecule has 0 aliphatic heterocycles. The van der Waals surface area contributed by atoms with Crippen molar-refractivity contribution in [1.82, 2.24) is 4.83 Å². The predicted octanol–water partition coefficient (Wildman–Crippen LogP) is 2.92. The first kappa shape index (κ1) is 17.8. The lowest BCUT2D eigenvalue weighted by atomic mass is 9.99. The molecule has 0 bridgehead atoms. The number of nitrogens with zero attached hydrogens (tertiary/aromatic N) is 1. The van der Waals surface area contributed by atoms with E-state index in [-0.39, 0.29) is 22.0 Å². The van der Waals surface area contributed by atoms with Crippen molar-refractivity contribution in [2.24, 2.45) is 5.10 Å². The minimum absolute atomic E-state index is 0.104. The number of hydrogen-bond donors (Lipinski definition) is 3. The summed E-state index contributed by atoms with van der Waals surface area (Å²) < 4.78 is 24.4. The maximum absolute atomic E-state index is 12.2. The van der Waals surface area contributed by atoms with E-state index in [1.54, 1.807) is 12.1 Å². The molecule has 128 valence electrons. The summed E-state index contributed by atoms with van der Waals surface area (Å²) in [6, 6.07) is 11.0. The van der Waals surface area contributed by atoms with Crippen LogP contribution in [-0.2, 0) is 10.0 Å². The van der Waals surface area contributed by atoms with E-state index in [2.05, 4.69) is 23.8 Å². The van der Waals surface area contributed by atoms with Crippen molar-refractivity contribution in [2.45, 2.75) is 31.1 Å². The Bertz CT molecular complexity index is 830. The third-order valence-corrected chi connectivity index (χ3v) is 5.03. The van der Waals surface area contributed by atoms with Crippen LogP contribution in [0.1, 0.15) is 37.3 Å². The van der Waals surface area contributed by atoms with Gasteiger partial charge < -0.3 is 10.2 Å². The van der Waals surface area contributed by atoms with Crippen molar-refractivity contribution in [1.29, 1.82) is 0 Å². The third kappa shape index (κ3) is 4.05. The molecular formula is C17H20N2O4S. The van der Waals surface area contributed by atoms with Crippen LogP contribution in [0.4, 0.5) is 0 Å². The molecule has 0 radical (unpaired) electrons. The Morgan fingerprint density at radius 1 is 1.17 bits per heavy atom. The lowest BCUT2D eigenvalue weighted by molar-refractivity contribution is 0.403. The summed E-state index contributed by atoms with van der Waals surface area (Å²) in [5, 5.41) is 22.6. The molecule has 0 saturated carbocycles. The number of benzene rings is 2. The van der Waals surface area contributed by atoms with Gasteiger partial charge in [0.2, 0.25) is 0 Å². The lowest BCUT2D eigenvalue weighted by Gasteiger charge is -2.10. The van der Waals surface area contributed by atoms with E-state index in [1.807, 2.05) is 0 Å². The first-order valence-electron chi connectivity index (χ1n) is 7.51. The number of phenols is 2. The highest BCUT2D eigenvalue weighted by Gasteiger charge is 2.13. The average Bonchev–Trinajstić information content (AvgIpc) is 2.58. The average molecular weight is 348 g/mol. The van der Waals surface area contributed by atoms with Gasteiger partial charge >= 0.3 is 0 Å². The number of phenolic OH excluding ortho intramolecular Hbond substituents is 2. The molecule has 24 heavy (non-hydrogen) atoms. The van der Waals surface area contributed by atoms with Gasteiger partial charge in [0, 0.05) is 5.56 Å². The molecular weight excluding hydrogens is 328 g/mol. The Kier molecular flexibility index (Phi) is 5.46. The van der Waals surface area contributed by atoms with Crippen molar-refractivity contribution >= 4 is 16.2 Å². The number of hydrazone groups is 1. The smallest absolute Gasteiger partial charge is 0.276 e. The van der Waals surface area contributed by atoms with Crippen LogP contribution in [0.2, 0.25) is 0 Å². The highest BCUT2D eigenvalue weighted by atomic mass is 32.2. The first-order valence-corrected chi connectivity index (χ1v) is 8.99. The maximum atomic E-state index is 12.2. The van der Waals surface area contributed by atoms with E-state index >= 15 is 0 Å². The summed E-state index contributed by atoms with van der Waals surface area (Å²) in [7, 11) is -3.79. The SMILES string of the molecule is CC[C@@H](C)c1ccc(S(=O)(=O)N/N=C\c2cccc(O)c2O)cc1. The number of rotatable bonds is 6. The number of para-hydroxylation sites is 1. The zero-order valence-electron chi connectivity index (χ0n) is 13.5. The van der Waals surface area contributed by atoms with Crippen LogP contribution in [0, 0.1) is 0 Å². The Labute approximate surface area is 141 Å². The highest BCUT2D eigenvalue weighted by molar-refractivity contribution is 7.89. The molecule has 0 spiro atoms. The second kappa shape index (κ2) is 7.35. The van der Waals surface area contributed by atoms with Gasteiger partial charge in [0.1, 0.15) is 0 Å². The van der Waals surface area contributed by atoms with E-state index in [0.717, 1.165) is 18.2 Å². The third-order valence-electron chi connectivity index (χ3n) is 3.79. The molecule has 2 aromatic carbocycles. The quantitative estimate of drug-likeness (QED) is 0.424. The van der Waals surface area contributed by atoms with Crippen molar-refractivity contribution in [3.63, 3.8) is 0 Å². The normalized spacial score (nSPS) is 13.1. The Hall–Kier alpha value is -2.54. The van der Waals surface area contributed by atoms with Gasteiger partial charge in [0.05, 0.1) is 11.1 Å². The molecule has 6 nitrogen and oxygen atoms in total. The van der Waals surface area contributed by atoms with Crippen LogP contribution in [0.25, 0.3) is 0 Å². The molecule has 2 rings (SSSR count). The molecule has 1 atom stereocenters. The summed E-state index contributed by atoms with van der Waals surface area (Å²) in [5.74, 6) is -0.303. The van der Waals surface area contributed by atoms with Gasteiger partial charge in [0.15, 0.2) is 11.5 Å². The van der Waals surface area contributed by atoms with E-state index in [4.69, 9.17) is 0 Å². The zero-order chi connectivity index (χ0) is 17.7. The standard InChI is InChI=1S/C17H20N2O4S/c1-3-12(2)13-7-9-15(10-8-13)24(22,23)19-18-11-14-5-4-6-16(20)17(14)21/h4-12,19-21H,3H2,1-2H3/b18-11-/t12-/m1/s1. The molecule has 3 N–H and O–H groups in total. The number of sulfonamides is 1. The molecule has 0 fully saturated rings. The molecule has 7 heteroatoms. The minimum atomic E-state index is -3.79. The van der Waals surface area contributed by atoms with Crippen molar-refractivity contribution < 1.29 is 18.6 Å². The van der Waals surface area contributed by atoms with Gasteiger partial charge in [0.25, 0.3) is 10.0 Å². The van der Waals surface area contributed by atoms with E-state index < -0.39 is 10.0 Å². The summed E-state index contributed by atoms with van der Waals surface area (Å²) in [4.78, 5) is 2.19. The monoisotopic (exact) mass is 348 g/mol. The fraction of sp³-hybridized carbons (Fsp3) is 0.235. The first-order chi connectivity index (χ1) is 11.3. The van der Waals surface area contributed by atoms with E-state index in [9.17, 15) is 18.6 Å². The highest BCUT2D eigenvalue weighted by Crippen LogP contribution is 2.26. The minimum Gasteiger partial charge on any atom is -0.504 e. The van der Waals surface area contributed by atoms with Crippen LogP contribution in [0.5, 0.6) is 11.5 Å². The van der Waals surface area contributed by atoms with Crippen molar-refractivity contribution in [2.75, 3.05) is 0 Å². The summed E-state index contributed by atoms with van der Waals surface area (Å²) in [5.41, 5.74) is 1.27. The van der Waals surface area contributed by atoms with Crippen LogP contribution in [0.15, 0.2) is 52.5 Å². The Morgan fingerprint density at radius 2 is 1.83 bits per heavy atom. The fourth-order valence-corrected chi connectivity index (χ4v) is 2.87. The van der Waals surface area contributed by atoms with Gasteiger partial charge in [-0.3, -0.25) is 0 Å². The lowest BCUT2D eigenvalue weighted by Crippen LogP contribution is -2.18. The van der Waals surface area contributed by atoms with Gasteiger partial charge in [-0.25, -0.2) is 4.83 Å². The second-order valence-electron chi connectivity index (χ2n) is 5.45. The predicted molar refractivity (Wildman–Crippen MR) is 92.8 cm³/mol. The number of hydrogen-bond acceptors (Lipinski definition) is 5. The molecule has 0 aromatic heterocycles. The van der Waals surface area contributed by atoms with Gasteiger partial charge in [-0.1, -0.05) is 32.0 Å². The molecule has 0 saturated heterocycles. The fourth-order valence-electron chi connectivity index (χ4n) is 2.08. The molecule has 0 unspecified atom stereocenters. The van der Waals surface area contributed by atoms with Gasteiger partial charge in [-0.15, -0.1) is 0 Å². The second-order valence-corrected chi connectivity index (χ2v) is 7.11. The molecule has 2 aromatic rings. The molecule has 0 heterocycles. The molecule has 0 aliphatic rings. The van der Waals surface area contributed by atoms with Crippen molar-refractivity contribution in [3.8, 4) is 11.5 Å². The van der Waals surface area contributed by atoms with Crippen LogP contribution in [-0.4, -0.2) is 24.8 Å². The maximum Gasteiger partial charge on any atom is 0.276 e. The van der Waals surface area contributed by atoms with Gasteiger partial charge in [-0.05, 0) is 42.2 Å². The van der Waals surface area contributed by atoms with Crippen LogP contribution >= 0.6 is 0 Å². The topological polar surface area (TPSA) is 99.0 Å². The number of nitrogens with one attached hydrogen (secondary N) is 1. The van der Waals surface area contributed by atoms with Crippen LogP contribution < -0.4 is 4.83 Å². The summed E-state index contributed by atoms with van der Waals surface area (Å²) >= 11 is 0. The molecule has 0 aliphatic carbocycles. The Morgan fingerprint density at radius 3 is 2.46 bits per heavy atom. The zero-order valence-corrected chi connectivity index (χ0v) is 14.3.